The molecule has 5 nitrogen and oxygen atoms in total. The van der Waals surface area contributed by atoms with Crippen LogP contribution in [0.3, 0.4) is 0 Å². The lowest BCUT2D eigenvalue weighted by Crippen LogP contribution is -2.44. The van der Waals surface area contributed by atoms with E-state index < -0.39 is 6.10 Å². The minimum absolute atomic E-state index is 0.108. The number of rotatable bonds is 5. The summed E-state index contributed by atoms with van der Waals surface area (Å²) in [6, 6.07) is 23.0. The number of nitrogens with zero attached hydrogens (tertiary/aromatic N) is 1. The minimum atomic E-state index is -0.564. The van der Waals surface area contributed by atoms with Crippen molar-refractivity contribution in [1.29, 1.82) is 0 Å². The Morgan fingerprint density at radius 3 is 2.58 bits per heavy atom. The molecular weight excluding hydrogens is 388 g/mol. The molecule has 1 unspecified atom stereocenters. The van der Waals surface area contributed by atoms with Crippen LogP contribution in [0.25, 0.3) is 6.08 Å². The van der Waals surface area contributed by atoms with Crippen LogP contribution < -0.4 is 15.0 Å². The third-order valence-electron chi connectivity index (χ3n) is 5.25. The summed E-state index contributed by atoms with van der Waals surface area (Å²) in [5.74, 6) is 0.271. The van der Waals surface area contributed by atoms with Gasteiger partial charge in [-0.25, -0.2) is 0 Å². The molecule has 0 aromatic heterocycles. The van der Waals surface area contributed by atoms with Gasteiger partial charge in [-0.05, 0) is 54.8 Å². The van der Waals surface area contributed by atoms with Gasteiger partial charge in [0.1, 0.15) is 5.75 Å². The lowest BCUT2D eigenvalue weighted by atomic mass is 10.1. The van der Waals surface area contributed by atoms with E-state index in [0.717, 1.165) is 16.7 Å². The summed E-state index contributed by atoms with van der Waals surface area (Å²) < 4.78 is 5.79. The second-order valence-corrected chi connectivity index (χ2v) is 7.53. The number of amides is 2. The summed E-state index contributed by atoms with van der Waals surface area (Å²) in [6.07, 6.45) is 2.68. The Labute approximate surface area is 182 Å². The largest absolute Gasteiger partial charge is 0.479 e. The normalized spacial score (nSPS) is 15.5. The molecule has 0 fully saturated rings. The van der Waals surface area contributed by atoms with Crippen molar-refractivity contribution in [2.45, 2.75) is 26.5 Å². The molecule has 156 valence electrons. The zero-order chi connectivity index (χ0) is 21.8. The van der Waals surface area contributed by atoms with Crippen LogP contribution in [-0.4, -0.2) is 17.9 Å². The molecule has 0 radical (unpaired) electrons. The number of fused-ring (bicyclic) bond motifs is 1. The van der Waals surface area contributed by atoms with Crippen LogP contribution >= 0.6 is 0 Å². The highest BCUT2D eigenvalue weighted by Gasteiger charge is 2.32. The van der Waals surface area contributed by atoms with Gasteiger partial charge in [-0.1, -0.05) is 54.6 Å². The van der Waals surface area contributed by atoms with Crippen molar-refractivity contribution in [3.05, 3.63) is 95.6 Å². The van der Waals surface area contributed by atoms with E-state index in [0.29, 0.717) is 23.7 Å². The standard InChI is InChI=1S/C26H24N2O3/c1-18-8-6-7-11-21(18)17-28-23-16-22(13-14-24(23)31-19(2)26(28)30)27-25(29)15-12-20-9-4-3-5-10-20/h3-16,19H,17H2,1-2H3,(H,27,29)/b15-12+. The van der Waals surface area contributed by atoms with Crippen molar-refractivity contribution in [1.82, 2.24) is 0 Å². The number of benzene rings is 3. The van der Waals surface area contributed by atoms with E-state index >= 15 is 0 Å². The minimum Gasteiger partial charge on any atom is -0.479 e. The molecule has 5 heteroatoms. The molecule has 0 aliphatic carbocycles. The molecule has 1 N–H and O–H groups in total. The van der Waals surface area contributed by atoms with Crippen molar-refractivity contribution in [3.63, 3.8) is 0 Å². The number of carbonyl (C=O) groups is 2. The number of nitrogens with one attached hydrogen (secondary N) is 1. The first-order valence-corrected chi connectivity index (χ1v) is 10.2. The second-order valence-electron chi connectivity index (χ2n) is 7.53. The zero-order valence-electron chi connectivity index (χ0n) is 17.5. The molecule has 3 aromatic rings. The van der Waals surface area contributed by atoms with Gasteiger partial charge in [0.05, 0.1) is 12.2 Å². The smallest absolute Gasteiger partial charge is 0.268 e. The maximum Gasteiger partial charge on any atom is 0.268 e. The fourth-order valence-electron chi connectivity index (χ4n) is 3.53. The Morgan fingerprint density at radius 1 is 1.06 bits per heavy atom. The fraction of sp³-hybridized carbons (Fsp3) is 0.154. The van der Waals surface area contributed by atoms with Crippen LogP contribution in [0, 0.1) is 6.92 Å². The lowest BCUT2D eigenvalue weighted by Gasteiger charge is -2.33. The first kappa shape index (κ1) is 20.4. The highest BCUT2D eigenvalue weighted by Crippen LogP contribution is 2.37. The summed E-state index contributed by atoms with van der Waals surface area (Å²) in [4.78, 5) is 27.0. The molecule has 0 spiro atoms. The third-order valence-corrected chi connectivity index (χ3v) is 5.25. The van der Waals surface area contributed by atoms with E-state index in [1.807, 2.05) is 61.5 Å². The first-order valence-electron chi connectivity index (χ1n) is 10.2. The van der Waals surface area contributed by atoms with E-state index in [1.165, 1.54) is 6.08 Å². The molecule has 1 aliphatic heterocycles. The van der Waals surface area contributed by atoms with Crippen molar-refractivity contribution < 1.29 is 14.3 Å². The zero-order valence-corrected chi connectivity index (χ0v) is 17.5. The topological polar surface area (TPSA) is 58.6 Å². The van der Waals surface area contributed by atoms with E-state index in [9.17, 15) is 9.59 Å². The SMILES string of the molecule is Cc1ccccc1CN1C(=O)C(C)Oc2ccc(NC(=O)/C=C/c3ccccc3)cc21. The molecule has 0 saturated heterocycles. The molecular formula is C26H24N2O3. The number of anilines is 2. The van der Waals surface area contributed by atoms with Crippen LogP contribution in [0.5, 0.6) is 5.75 Å². The molecule has 1 heterocycles. The van der Waals surface area contributed by atoms with Crippen molar-refractivity contribution >= 4 is 29.3 Å². The van der Waals surface area contributed by atoms with Crippen LogP contribution in [0.2, 0.25) is 0 Å². The monoisotopic (exact) mass is 412 g/mol. The predicted molar refractivity (Wildman–Crippen MR) is 123 cm³/mol. The maximum absolute atomic E-state index is 12.9. The summed E-state index contributed by atoms with van der Waals surface area (Å²) in [7, 11) is 0. The Hall–Kier alpha value is -3.86. The van der Waals surface area contributed by atoms with E-state index in [2.05, 4.69) is 5.32 Å². The van der Waals surface area contributed by atoms with Gasteiger partial charge in [0, 0.05) is 11.8 Å². The number of aryl methyl sites for hydroxylation is 1. The Morgan fingerprint density at radius 2 is 1.81 bits per heavy atom. The highest BCUT2D eigenvalue weighted by molar-refractivity contribution is 6.04. The molecule has 0 bridgehead atoms. The van der Waals surface area contributed by atoms with Gasteiger partial charge in [-0.15, -0.1) is 0 Å². The van der Waals surface area contributed by atoms with Gasteiger partial charge < -0.3 is 15.0 Å². The van der Waals surface area contributed by atoms with Crippen LogP contribution in [0.15, 0.2) is 78.9 Å². The van der Waals surface area contributed by atoms with Crippen LogP contribution in [-0.2, 0) is 16.1 Å². The highest BCUT2D eigenvalue weighted by atomic mass is 16.5. The van der Waals surface area contributed by atoms with Gasteiger partial charge in [-0.3, -0.25) is 9.59 Å². The van der Waals surface area contributed by atoms with Crippen LogP contribution in [0.1, 0.15) is 23.6 Å². The van der Waals surface area contributed by atoms with Crippen molar-refractivity contribution in [3.8, 4) is 5.75 Å². The van der Waals surface area contributed by atoms with Crippen molar-refractivity contribution in [2.24, 2.45) is 0 Å². The van der Waals surface area contributed by atoms with E-state index in [1.54, 1.807) is 36.1 Å². The summed E-state index contributed by atoms with van der Waals surface area (Å²) >= 11 is 0. The third kappa shape index (κ3) is 4.67. The van der Waals surface area contributed by atoms with Gasteiger partial charge in [0.25, 0.3) is 5.91 Å². The van der Waals surface area contributed by atoms with Gasteiger partial charge in [-0.2, -0.15) is 0 Å². The molecule has 1 aliphatic rings. The molecule has 0 saturated carbocycles. The predicted octanol–water partition coefficient (Wildman–Crippen LogP) is 4.96. The number of ether oxygens (including phenoxy) is 1. The van der Waals surface area contributed by atoms with Gasteiger partial charge >= 0.3 is 0 Å². The fourth-order valence-corrected chi connectivity index (χ4v) is 3.53. The Kier molecular flexibility index (Phi) is 5.85. The maximum atomic E-state index is 12.9. The quantitative estimate of drug-likeness (QED) is 0.603. The lowest BCUT2D eigenvalue weighted by molar-refractivity contribution is -0.125. The van der Waals surface area contributed by atoms with Crippen molar-refractivity contribution in [2.75, 3.05) is 10.2 Å². The number of carbonyl (C=O) groups excluding carboxylic acids is 2. The van der Waals surface area contributed by atoms with E-state index in [4.69, 9.17) is 4.74 Å². The molecule has 1 atom stereocenters. The average Bonchev–Trinajstić information content (AvgIpc) is 2.78. The molecule has 2 amide bonds. The average molecular weight is 412 g/mol. The van der Waals surface area contributed by atoms with Gasteiger partial charge in [0.2, 0.25) is 5.91 Å². The van der Waals surface area contributed by atoms with Crippen LogP contribution in [0.4, 0.5) is 11.4 Å². The van der Waals surface area contributed by atoms with E-state index in [-0.39, 0.29) is 11.8 Å². The molecule has 4 rings (SSSR count). The Bertz CT molecular complexity index is 1140. The number of hydrogen-bond acceptors (Lipinski definition) is 3. The summed E-state index contributed by atoms with van der Waals surface area (Å²) in [5, 5.41) is 2.86. The second kappa shape index (κ2) is 8.88. The first-order chi connectivity index (χ1) is 15.0. The molecule has 31 heavy (non-hydrogen) atoms. The Balaban J connectivity index is 1.57. The summed E-state index contributed by atoms with van der Waals surface area (Å²) in [6.45, 7) is 4.22. The summed E-state index contributed by atoms with van der Waals surface area (Å²) in [5.41, 5.74) is 4.38. The van der Waals surface area contributed by atoms with Gasteiger partial charge in [0.15, 0.2) is 6.10 Å². The molecule has 3 aromatic carbocycles. The number of hydrogen-bond donors (Lipinski definition) is 1.